The summed E-state index contributed by atoms with van der Waals surface area (Å²) in [5, 5.41) is 19.4. The Labute approximate surface area is 201 Å². The number of carbonyl (C=O) groups is 1. The molecule has 2 bridgehead atoms. The first kappa shape index (κ1) is 24.2. The molecule has 2 aromatic rings. The van der Waals surface area contributed by atoms with Gasteiger partial charge >= 0.3 is 5.97 Å². The molecule has 34 heavy (non-hydrogen) atoms. The molecule has 0 aromatic heterocycles. The van der Waals surface area contributed by atoms with Crippen molar-refractivity contribution in [3.05, 3.63) is 90.5 Å². The first-order chi connectivity index (χ1) is 16.6. The number of carboxylic acids is 1. The van der Waals surface area contributed by atoms with Crippen LogP contribution in [0.15, 0.2) is 85.0 Å². The SMILES string of the molecule is O=C(O)CCC/C=C\C[C@@H]1[C@H](/C=C/[C@@H](O)COc2ccccc2)[C@H]2C[C@]1(c1ccccc1)CO2. The minimum atomic E-state index is -0.748. The Morgan fingerprint density at radius 1 is 1.12 bits per heavy atom. The Balaban J connectivity index is 1.44. The molecule has 2 aliphatic rings. The fourth-order valence-electron chi connectivity index (χ4n) is 5.43. The number of allylic oxidation sites excluding steroid dienone is 2. The zero-order chi connectivity index (χ0) is 23.8. The topological polar surface area (TPSA) is 76.0 Å². The van der Waals surface area contributed by atoms with Gasteiger partial charge in [-0.2, -0.15) is 0 Å². The fourth-order valence-corrected chi connectivity index (χ4v) is 5.43. The second-order valence-corrected chi connectivity index (χ2v) is 9.33. The number of hydrogen-bond acceptors (Lipinski definition) is 4. The van der Waals surface area contributed by atoms with Crippen molar-refractivity contribution >= 4 is 5.97 Å². The molecule has 1 saturated heterocycles. The number of para-hydroxylation sites is 1. The molecule has 5 nitrogen and oxygen atoms in total. The molecule has 5 atom stereocenters. The Morgan fingerprint density at radius 2 is 1.85 bits per heavy atom. The molecule has 0 unspecified atom stereocenters. The van der Waals surface area contributed by atoms with Crippen LogP contribution in [-0.4, -0.2) is 41.6 Å². The number of ether oxygens (including phenoxy) is 2. The summed E-state index contributed by atoms with van der Waals surface area (Å²) in [5.41, 5.74) is 1.27. The first-order valence-corrected chi connectivity index (χ1v) is 12.2. The van der Waals surface area contributed by atoms with Crippen molar-refractivity contribution in [2.45, 2.75) is 49.7 Å². The van der Waals surface area contributed by atoms with E-state index >= 15 is 0 Å². The van der Waals surface area contributed by atoms with Crippen LogP contribution >= 0.6 is 0 Å². The highest BCUT2D eigenvalue weighted by Crippen LogP contribution is 2.56. The van der Waals surface area contributed by atoms with Crippen LogP contribution < -0.4 is 4.74 Å². The lowest BCUT2D eigenvalue weighted by Crippen LogP contribution is -2.39. The van der Waals surface area contributed by atoms with E-state index in [0.717, 1.165) is 25.0 Å². The van der Waals surface area contributed by atoms with Crippen molar-refractivity contribution in [2.75, 3.05) is 13.2 Å². The molecule has 1 heterocycles. The molecule has 180 valence electrons. The number of rotatable bonds is 12. The lowest BCUT2D eigenvalue weighted by atomic mass is 9.69. The minimum Gasteiger partial charge on any atom is -0.491 e. The average Bonchev–Trinajstić information content (AvgIpc) is 3.43. The molecule has 0 amide bonds. The average molecular weight is 463 g/mol. The molecule has 0 spiro atoms. The van der Waals surface area contributed by atoms with Gasteiger partial charge in [0, 0.05) is 17.8 Å². The number of aliphatic carboxylic acids is 1. The van der Waals surface area contributed by atoms with Gasteiger partial charge in [-0.3, -0.25) is 4.79 Å². The van der Waals surface area contributed by atoms with Gasteiger partial charge in [0.25, 0.3) is 0 Å². The molecular formula is C29H34O5. The van der Waals surface area contributed by atoms with Crippen molar-refractivity contribution in [1.29, 1.82) is 0 Å². The molecule has 1 saturated carbocycles. The Kier molecular flexibility index (Phi) is 8.20. The number of benzene rings is 2. The van der Waals surface area contributed by atoms with E-state index in [0.29, 0.717) is 18.9 Å². The first-order valence-electron chi connectivity index (χ1n) is 12.2. The molecule has 2 N–H and O–H groups in total. The van der Waals surface area contributed by atoms with Crippen molar-refractivity contribution in [3.63, 3.8) is 0 Å². The van der Waals surface area contributed by atoms with Crippen LogP contribution in [0.3, 0.4) is 0 Å². The van der Waals surface area contributed by atoms with Crippen molar-refractivity contribution in [2.24, 2.45) is 11.8 Å². The maximum Gasteiger partial charge on any atom is 0.303 e. The normalized spacial score (nSPS) is 26.9. The molecule has 4 rings (SSSR count). The van der Waals surface area contributed by atoms with E-state index in [1.165, 1.54) is 5.56 Å². The van der Waals surface area contributed by atoms with E-state index in [4.69, 9.17) is 14.6 Å². The van der Waals surface area contributed by atoms with E-state index < -0.39 is 12.1 Å². The molecule has 2 aromatic carbocycles. The van der Waals surface area contributed by atoms with Gasteiger partial charge in [-0.1, -0.05) is 72.8 Å². The van der Waals surface area contributed by atoms with E-state index in [1.807, 2.05) is 42.5 Å². The maximum atomic E-state index is 10.7. The Morgan fingerprint density at radius 3 is 2.59 bits per heavy atom. The van der Waals surface area contributed by atoms with Crippen LogP contribution in [0.2, 0.25) is 0 Å². The third-order valence-corrected chi connectivity index (χ3v) is 7.11. The van der Waals surface area contributed by atoms with Gasteiger partial charge in [0.1, 0.15) is 18.5 Å². The van der Waals surface area contributed by atoms with Crippen LogP contribution in [0, 0.1) is 11.8 Å². The summed E-state index contributed by atoms with van der Waals surface area (Å²) in [7, 11) is 0. The molecular weight excluding hydrogens is 428 g/mol. The predicted molar refractivity (Wildman–Crippen MR) is 132 cm³/mol. The molecule has 2 fully saturated rings. The Bertz CT molecular complexity index is 971. The summed E-state index contributed by atoms with van der Waals surface area (Å²) >= 11 is 0. The highest BCUT2D eigenvalue weighted by atomic mass is 16.5. The van der Waals surface area contributed by atoms with E-state index in [-0.39, 0.29) is 30.5 Å². The zero-order valence-corrected chi connectivity index (χ0v) is 19.5. The fraction of sp³-hybridized carbons (Fsp3) is 0.414. The third kappa shape index (κ3) is 5.78. The van der Waals surface area contributed by atoms with Crippen LogP contribution in [0.5, 0.6) is 5.75 Å². The van der Waals surface area contributed by atoms with Gasteiger partial charge in [-0.15, -0.1) is 0 Å². The summed E-state index contributed by atoms with van der Waals surface area (Å²) in [6, 6.07) is 20.1. The van der Waals surface area contributed by atoms with Crippen molar-refractivity contribution < 1.29 is 24.5 Å². The number of hydrogen-bond donors (Lipinski definition) is 2. The predicted octanol–water partition coefficient (Wildman–Crippen LogP) is 5.16. The number of fused-ring (bicyclic) bond motifs is 2. The quantitative estimate of drug-likeness (QED) is 0.337. The van der Waals surface area contributed by atoms with Gasteiger partial charge in [-0.25, -0.2) is 0 Å². The standard InChI is InChI=1S/C29H34O5/c30-23(20-33-24-13-7-4-8-14-24)17-18-25-26(15-9-1-2-10-16-28(31)32)29(19-27(25)34-21-29)22-11-5-3-6-12-22/h1,3-9,11-14,17-18,23,25-27,30H,2,10,15-16,19-21H2,(H,31,32)/b9-1-,18-17+/t23-,25+,26-,27-,29-/m1/s1. The van der Waals surface area contributed by atoms with Crippen LogP contribution in [0.4, 0.5) is 0 Å². The van der Waals surface area contributed by atoms with Crippen LogP contribution in [-0.2, 0) is 14.9 Å². The van der Waals surface area contributed by atoms with E-state index in [9.17, 15) is 9.90 Å². The maximum absolute atomic E-state index is 10.7. The molecule has 1 aliphatic heterocycles. The lowest BCUT2D eigenvalue weighted by molar-refractivity contribution is -0.137. The minimum absolute atomic E-state index is 0.0438. The number of carboxylic acid groups (broad SMARTS) is 1. The van der Waals surface area contributed by atoms with Gasteiger partial charge in [0.05, 0.1) is 12.7 Å². The number of unbranched alkanes of at least 4 members (excludes halogenated alkanes) is 1. The van der Waals surface area contributed by atoms with Crippen molar-refractivity contribution in [3.8, 4) is 5.75 Å². The van der Waals surface area contributed by atoms with E-state index in [2.05, 4.69) is 42.5 Å². The second-order valence-electron chi connectivity index (χ2n) is 9.33. The van der Waals surface area contributed by atoms with Gasteiger partial charge in [0.2, 0.25) is 0 Å². The zero-order valence-electron chi connectivity index (χ0n) is 19.5. The summed E-state index contributed by atoms with van der Waals surface area (Å²) in [4.78, 5) is 10.7. The summed E-state index contributed by atoms with van der Waals surface area (Å²) < 4.78 is 11.9. The molecule has 0 radical (unpaired) electrons. The molecule has 5 heteroatoms. The summed E-state index contributed by atoms with van der Waals surface area (Å²) in [6.07, 6.45) is 11.2. The van der Waals surface area contributed by atoms with Gasteiger partial charge in [0.15, 0.2) is 0 Å². The monoisotopic (exact) mass is 462 g/mol. The van der Waals surface area contributed by atoms with Gasteiger partial charge < -0.3 is 19.7 Å². The largest absolute Gasteiger partial charge is 0.491 e. The molecule has 1 aliphatic carbocycles. The summed E-state index contributed by atoms with van der Waals surface area (Å²) in [6.45, 7) is 0.917. The second kappa shape index (κ2) is 11.5. The summed E-state index contributed by atoms with van der Waals surface area (Å²) in [5.74, 6) is 0.542. The lowest BCUT2D eigenvalue weighted by Gasteiger charge is -2.38. The highest BCUT2D eigenvalue weighted by molar-refractivity contribution is 5.66. The van der Waals surface area contributed by atoms with Crippen LogP contribution in [0.1, 0.15) is 37.7 Å². The Hall–Kier alpha value is -2.89. The smallest absolute Gasteiger partial charge is 0.303 e. The van der Waals surface area contributed by atoms with E-state index in [1.54, 1.807) is 0 Å². The number of aliphatic hydroxyl groups excluding tert-OH is 1. The van der Waals surface area contributed by atoms with Gasteiger partial charge in [-0.05, 0) is 49.3 Å². The highest BCUT2D eigenvalue weighted by Gasteiger charge is 2.58. The number of aliphatic hydroxyl groups is 1. The van der Waals surface area contributed by atoms with Crippen LogP contribution in [0.25, 0.3) is 0 Å². The third-order valence-electron chi connectivity index (χ3n) is 7.11. The van der Waals surface area contributed by atoms with Crippen molar-refractivity contribution in [1.82, 2.24) is 0 Å².